The van der Waals surface area contributed by atoms with Crippen molar-refractivity contribution in [2.24, 2.45) is 0 Å². The molecule has 2 aromatic rings. The highest BCUT2D eigenvalue weighted by atomic mass is 35.5. The fourth-order valence-corrected chi connectivity index (χ4v) is 1.65. The Morgan fingerprint density at radius 3 is 2.81 bits per heavy atom. The predicted molar refractivity (Wildman–Crippen MR) is 57.7 cm³/mol. The number of carbonyl (C=O) groups is 1. The average Bonchev–Trinajstić information content (AvgIpc) is 2.56. The van der Waals surface area contributed by atoms with Crippen molar-refractivity contribution in [2.45, 2.75) is 6.92 Å². The number of hydrogen-bond donors (Lipinski definition) is 0. The largest absolute Gasteiger partial charge is 0.273 e. The summed E-state index contributed by atoms with van der Waals surface area (Å²) in [6.45, 7) is 1.31. The Hall–Kier alpha value is -1.95. The zero-order chi connectivity index (χ0) is 11.9. The topological polar surface area (TPSA) is 78.0 Å². The fourth-order valence-electron chi connectivity index (χ4n) is 1.42. The highest BCUT2D eigenvalue weighted by molar-refractivity contribution is 6.34. The Bertz CT molecular complexity index is 605. The van der Waals surface area contributed by atoms with Gasteiger partial charge in [0.1, 0.15) is 0 Å². The van der Waals surface area contributed by atoms with Crippen LogP contribution in [0.15, 0.2) is 18.2 Å². The quantitative estimate of drug-likeness (QED) is 0.565. The monoisotopic (exact) mass is 239 g/mol. The van der Waals surface area contributed by atoms with Crippen molar-refractivity contribution in [1.29, 1.82) is 0 Å². The zero-order valence-corrected chi connectivity index (χ0v) is 8.93. The number of carbonyl (C=O) groups excluding carboxylic acids is 1. The van der Waals surface area contributed by atoms with Gasteiger partial charge in [0, 0.05) is 24.4 Å². The van der Waals surface area contributed by atoms with E-state index in [0.717, 1.165) is 4.68 Å². The molecule has 82 valence electrons. The van der Waals surface area contributed by atoms with Crippen molar-refractivity contribution in [3.63, 3.8) is 0 Å². The van der Waals surface area contributed by atoms with Crippen molar-refractivity contribution in [2.75, 3.05) is 0 Å². The molecule has 0 aliphatic rings. The first-order chi connectivity index (χ1) is 7.50. The van der Waals surface area contributed by atoms with Gasteiger partial charge in [-0.15, -0.1) is 0 Å². The maximum atomic E-state index is 11.2. The molecule has 2 rings (SSSR count). The number of aromatic nitrogens is 2. The molecule has 6 nitrogen and oxygen atoms in total. The molecule has 0 saturated heterocycles. The number of hydrogen-bond acceptors (Lipinski definition) is 4. The van der Waals surface area contributed by atoms with Gasteiger partial charge in [-0.25, -0.2) is 0 Å². The van der Waals surface area contributed by atoms with Gasteiger partial charge >= 0.3 is 0 Å². The highest BCUT2D eigenvalue weighted by Crippen LogP contribution is 2.26. The van der Waals surface area contributed by atoms with Crippen LogP contribution in [0.1, 0.15) is 11.7 Å². The number of nitrogens with zero attached hydrogens (tertiary/aromatic N) is 3. The Balaban J connectivity index is 2.79. The maximum Gasteiger partial charge on any atom is 0.271 e. The molecular weight excluding hydrogens is 234 g/mol. The van der Waals surface area contributed by atoms with E-state index in [9.17, 15) is 14.9 Å². The molecule has 1 aromatic carbocycles. The molecule has 7 heteroatoms. The summed E-state index contributed by atoms with van der Waals surface area (Å²) in [6, 6.07) is 4.07. The Kier molecular flexibility index (Phi) is 2.35. The lowest BCUT2D eigenvalue weighted by Gasteiger charge is -1.96. The summed E-state index contributed by atoms with van der Waals surface area (Å²) in [5, 5.41) is 15.1. The van der Waals surface area contributed by atoms with Gasteiger partial charge in [-0.2, -0.15) is 9.78 Å². The van der Waals surface area contributed by atoms with Crippen LogP contribution in [-0.4, -0.2) is 20.6 Å². The van der Waals surface area contributed by atoms with Crippen molar-refractivity contribution in [3.05, 3.63) is 33.5 Å². The third-order valence-corrected chi connectivity index (χ3v) is 2.41. The molecule has 0 aliphatic carbocycles. The van der Waals surface area contributed by atoms with Crippen LogP contribution in [0.5, 0.6) is 0 Å². The van der Waals surface area contributed by atoms with E-state index in [-0.39, 0.29) is 16.7 Å². The van der Waals surface area contributed by atoms with E-state index in [1.54, 1.807) is 0 Å². The number of nitro benzene ring substituents is 1. The van der Waals surface area contributed by atoms with E-state index >= 15 is 0 Å². The number of benzene rings is 1. The first kappa shape index (κ1) is 10.6. The average molecular weight is 240 g/mol. The molecular formula is C9H6ClN3O3. The standard InChI is InChI=1S/C9H6ClN3O3/c1-5(14)12-8-4-6(13(15)16)2-3-7(8)9(10)11-12/h2-4H,1H3. The molecule has 1 heterocycles. The smallest absolute Gasteiger partial charge is 0.271 e. The number of non-ortho nitro benzene ring substituents is 1. The van der Waals surface area contributed by atoms with Gasteiger partial charge < -0.3 is 0 Å². The highest BCUT2D eigenvalue weighted by Gasteiger charge is 2.15. The van der Waals surface area contributed by atoms with Crippen LogP contribution in [0.25, 0.3) is 10.9 Å². The molecule has 0 N–H and O–H groups in total. The number of halogens is 1. The second kappa shape index (κ2) is 3.57. The van der Waals surface area contributed by atoms with Crippen LogP contribution in [0.3, 0.4) is 0 Å². The van der Waals surface area contributed by atoms with E-state index < -0.39 is 4.92 Å². The fraction of sp³-hybridized carbons (Fsp3) is 0.111. The second-order valence-corrected chi connectivity index (χ2v) is 3.54. The van der Waals surface area contributed by atoms with Crippen LogP contribution >= 0.6 is 11.6 Å². The molecule has 0 amide bonds. The van der Waals surface area contributed by atoms with E-state index in [1.807, 2.05) is 0 Å². The van der Waals surface area contributed by atoms with Crippen LogP contribution in [0.2, 0.25) is 5.15 Å². The lowest BCUT2D eigenvalue weighted by molar-refractivity contribution is -0.384. The normalized spacial score (nSPS) is 10.6. The minimum Gasteiger partial charge on any atom is -0.273 e. The van der Waals surface area contributed by atoms with E-state index in [1.165, 1.54) is 25.1 Å². The van der Waals surface area contributed by atoms with E-state index in [0.29, 0.717) is 10.9 Å². The van der Waals surface area contributed by atoms with Crippen molar-refractivity contribution in [3.8, 4) is 0 Å². The third-order valence-electron chi connectivity index (χ3n) is 2.13. The minimum atomic E-state index is -0.537. The summed E-state index contributed by atoms with van der Waals surface area (Å²) >= 11 is 5.80. The van der Waals surface area contributed by atoms with Crippen molar-refractivity contribution < 1.29 is 9.72 Å². The van der Waals surface area contributed by atoms with Crippen molar-refractivity contribution >= 4 is 34.1 Å². The molecule has 0 fully saturated rings. The van der Waals surface area contributed by atoms with Crippen LogP contribution in [0, 0.1) is 10.1 Å². The van der Waals surface area contributed by atoms with Gasteiger partial charge in [-0.05, 0) is 6.07 Å². The predicted octanol–water partition coefficient (Wildman–Crippen LogP) is 2.26. The SMILES string of the molecule is CC(=O)n1nc(Cl)c2ccc([N+](=O)[O-])cc21. The van der Waals surface area contributed by atoms with Gasteiger partial charge in [-0.3, -0.25) is 14.9 Å². The summed E-state index contributed by atoms with van der Waals surface area (Å²) in [7, 11) is 0. The van der Waals surface area contributed by atoms with Gasteiger partial charge in [0.25, 0.3) is 5.69 Å². The lowest BCUT2D eigenvalue weighted by atomic mass is 10.2. The van der Waals surface area contributed by atoms with Crippen LogP contribution in [-0.2, 0) is 0 Å². The Morgan fingerprint density at radius 2 is 2.25 bits per heavy atom. The molecule has 0 saturated carbocycles. The summed E-state index contributed by atoms with van der Waals surface area (Å²) in [5.74, 6) is -0.350. The Morgan fingerprint density at radius 1 is 1.56 bits per heavy atom. The summed E-state index contributed by atoms with van der Waals surface area (Å²) in [5.41, 5.74) is 0.235. The van der Waals surface area contributed by atoms with Crippen LogP contribution in [0.4, 0.5) is 5.69 Å². The lowest BCUT2D eigenvalue weighted by Crippen LogP contribution is -2.06. The maximum absolute atomic E-state index is 11.2. The minimum absolute atomic E-state index is 0.105. The zero-order valence-electron chi connectivity index (χ0n) is 8.18. The molecule has 0 atom stereocenters. The molecule has 0 radical (unpaired) electrons. The molecule has 0 bridgehead atoms. The van der Waals surface area contributed by atoms with Gasteiger partial charge in [0.2, 0.25) is 5.91 Å². The van der Waals surface area contributed by atoms with Gasteiger partial charge in [-0.1, -0.05) is 11.6 Å². The number of nitro groups is 1. The van der Waals surface area contributed by atoms with E-state index in [4.69, 9.17) is 11.6 Å². The summed E-state index contributed by atoms with van der Waals surface area (Å²) in [4.78, 5) is 21.3. The first-order valence-corrected chi connectivity index (χ1v) is 4.72. The molecule has 0 aliphatic heterocycles. The van der Waals surface area contributed by atoms with Crippen molar-refractivity contribution in [1.82, 2.24) is 9.78 Å². The molecule has 1 aromatic heterocycles. The molecule has 16 heavy (non-hydrogen) atoms. The first-order valence-electron chi connectivity index (χ1n) is 4.34. The van der Waals surface area contributed by atoms with Gasteiger partial charge in [0.15, 0.2) is 5.15 Å². The number of fused-ring (bicyclic) bond motifs is 1. The Labute approximate surface area is 94.6 Å². The summed E-state index contributed by atoms with van der Waals surface area (Å²) in [6.07, 6.45) is 0. The van der Waals surface area contributed by atoms with Gasteiger partial charge in [0.05, 0.1) is 10.4 Å². The second-order valence-electron chi connectivity index (χ2n) is 3.18. The molecule has 0 unspecified atom stereocenters. The molecule has 0 spiro atoms. The number of rotatable bonds is 1. The van der Waals surface area contributed by atoms with Crippen LogP contribution < -0.4 is 0 Å². The summed E-state index contributed by atoms with van der Waals surface area (Å²) < 4.78 is 1.05. The van der Waals surface area contributed by atoms with E-state index in [2.05, 4.69) is 5.10 Å². The third kappa shape index (κ3) is 1.53.